The predicted octanol–water partition coefficient (Wildman–Crippen LogP) is 1.80. The minimum atomic E-state index is -0.495. The molecule has 0 saturated heterocycles. The Morgan fingerprint density at radius 1 is 1.28 bits per heavy atom. The van der Waals surface area contributed by atoms with Crippen LogP contribution in [0.25, 0.3) is 11.4 Å². The number of esters is 1. The van der Waals surface area contributed by atoms with Gasteiger partial charge in [0.05, 0.1) is 24.1 Å². The van der Waals surface area contributed by atoms with E-state index in [1.165, 1.54) is 13.3 Å². The first kappa shape index (κ1) is 11.7. The van der Waals surface area contributed by atoms with Crippen LogP contribution in [0.4, 0.5) is 0 Å². The second kappa shape index (κ2) is 5.06. The largest absolute Gasteiger partial charge is 0.464 e. The molecule has 0 aliphatic carbocycles. The van der Waals surface area contributed by atoms with Crippen molar-refractivity contribution in [2.24, 2.45) is 0 Å². The molecule has 18 heavy (non-hydrogen) atoms. The van der Waals surface area contributed by atoms with Crippen LogP contribution in [0.2, 0.25) is 0 Å². The van der Waals surface area contributed by atoms with Gasteiger partial charge in [0.25, 0.3) is 0 Å². The minimum absolute atomic E-state index is 0.223. The monoisotopic (exact) mass is 239 g/mol. The molecule has 0 radical (unpaired) electrons. The molecule has 0 aliphatic heterocycles. The fraction of sp³-hybridized carbons (Fsp3) is 0.0769. The zero-order valence-electron chi connectivity index (χ0n) is 9.62. The van der Waals surface area contributed by atoms with E-state index in [9.17, 15) is 4.79 Å². The van der Waals surface area contributed by atoms with Crippen molar-refractivity contribution in [3.8, 4) is 17.5 Å². The molecule has 88 valence electrons. The van der Waals surface area contributed by atoms with E-state index in [0.717, 1.165) is 0 Å². The number of nitriles is 1. The van der Waals surface area contributed by atoms with Crippen molar-refractivity contribution >= 4 is 5.97 Å². The summed E-state index contributed by atoms with van der Waals surface area (Å²) in [7, 11) is 1.30. The summed E-state index contributed by atoms with van der Waals surface area (Å²) < 4.78 is 4.60. The third-order valence-corrected chi connectivity index (χ3v) is 2.30. The van der Waals surface area contributed by atoms with Crippen molar-refractivity contribution in [1.82, 2.24) is 9.97 Å². The van der Waals surface area contributed by atoms with Crippen LogP contribution in [0.15, 0.2) is 36.5 Å². The Bertz CT molecular complexity index is 615. The van der Waals surface area contributed by atoms with Gasteiger partial charge < -0.3 is 4.74 Å². The molecule has 2 aromatic heterocycles. The highest BCUT2D eigenvalue weighted by molar-refractivity contribution is 5.87. The molecule has 0 saturated carbocycles. The van der Waals surface area contributed by atoms with Crippen molar-refractivity contribution in [1.29, 1.82) is 5.26 Å². The summed E-state index contributed by atoms with van der Waals surface area (Å²) >= 11 is 0. The quantitative estimate of drug-likeness (QED) is 0.747. The molecular formula is C13H9N3O2. The highest BCUT2D eigenvalue weighted by Gasteiger charge is 2.09. The van der Waals surface area contributed by atoms with E-state index in [0.29, 0.717) is 17.0 Å². The lowest BCUT2D eigenvalue weighted by molar-refractivity contribution is 0.0594. The molecule has 0 aromatic carbocycles. The SMILES string of the molecule is COC(=O)c1cccc(-c2ccc(C#N)cn2)n1. The smallest absolute Gasteiger partial charge is 0.356 e. The highest BCUT2D eigenvalue weighted by Crippen LogP contribution is 2.15. The second-order valence-electron chi connectivity index (χ2n) is 3.44. The van der Waals surface area contributed by atoms with E-state index >= 15 is 0 Å². The van der Waals surface area contributed by atoms with Crippen LogP contribution in [0.1, 0.15) is 16.1 Å². The van der Waals surface area contributed by atoms with Gasteiger partial charge in [0.2, 0.25) is 0 Å². The Balaban J connectivity index is 2.38. The van der Waals surface area contributed by atoms with E-state index in [1.54, 1.807) is 30.3 Å². The number of carbonyl (C=O) groups is 1. The van der Waals surface area contributed by atoms with Crippen LogP contribution in [0, 0.1) is 11.3 Å². The number of pyridine rings is 2. The fourth-order valence-corrected chi connectivity index (χ4v) is 1.41. The van der Waals surface area contributed by atoms with Gasteiger partial charge >= 0.3 is 5.97 Å². The van der Waals surface area contributed by atoms with E-state index in [-0.39, 0.29) is 5.69 Å². The summed E-state index contributed by atoms with van der Waals surface area (Å²) in [6, 6.07) is 10.3. The average Bonchev–Trinajstić information content (AvgIpc) is 2.46. The lowest BCUT2D eigenvalue weighted by Crippen LogP contribution is -2.04. The van der Waals surface area contributed by atoms with Crippen molar-refractivity contribution in [2.75, 3.05) is 7.11 Å². The third-order valence-electron chi connectivity index (χ3n) is 2.30. The first-order valence-electron chi connectivity index (χ1n) is 5.16. The van der Waals surface area contributed by atoms with Crippen molar-refractivity contribution in [2.45, 2.75) is 0 Å². The Hall–Kier alpha value is -2.74. The molecule has 0 atom stereocenters. The maximum absolute atomic E-state index is 11.3. The van der Waals surface area contributed by atoms with Crippen molar-refractivity contribution in [3.05, 3.63) is 47.8 Å². The number of rotatable bonds is 2. The van der Waals surface area contributed by atoms with Gasteiger partial charge in [-0.25, -0.2) is 9.78 Å². The van der Waals surface area contributed by atoms with Crippen LogP contribution in [0.5, 0.6) is 0 Å². The molecule has 0 aliphatic rings. The fourth-order valence-electron chi connectivity index (χ4n) is 1.41. The molecule has 2 rings (SSSR count). The van der Waals surface area contributed by atoms with Gasteiger partial charge in [0, 0.05) is 6.20 Å². The maximum atomic E-state index is 11.3. The Morgan fingerprint density at radius 2 is 2.11 bits per heavy atom. The topological polar surface area (TPSA) is 75.9 Å². The Morgan fingerprint density at radius 3 is 2.72 bits per heavy atom. The van der Waals surface area contributed by atoms with Crippen LogP contribution in [0.3, 0.4) is 0 Å². The lowest BCUT2D eigenvalue weighted by Gasteiger charge is -2.02. The molecule has 5 heteroatoms. The average molecular weight is 239 g/mol. The van der Waals surface area contributed by atoms with Gasteiger partial charge in [-0.3, -0.25) is 4.98 Å². The molecule has 5 nitrogen and oxygen atoms in total. The number of aromatic nitrogens is 2. The summed E-state index contributed by atoms with van der Waals surface area (Å²) in [5, 5.41) is 8.68. The van der Waals surface area contributed by atoms with E-state index in [2.05, 4.69) is 14.7 Å². The first-order valence-corrected chi connectivity index (χ1v) is 5.16. The molecule has 2 aromatic rings. The molecule has 0 spiro atoms. The van der Waals surface area contributed by atoms with Crippen LogP contribution in [-0.4, -0.2) is 23.0 Å². The summed E-state index contributed by atoms with van der Waals surface area (Å²) in [5.74, 6) is -0.495. The van der Waals surface area contributed by atoms with E-state index in [1.807, 2.05) is 6.07 Å². The number of methoxy groups -OCH3 is 1. The second-order valence-corrected chi connectivity index (χ2v) is 3.44. The van der Waals surface area contributed by atoms with Gasteiger partial charge in [-0.1, -0.05) is 6.07 Å². The lowest BCUT2D eigenvalue weighted by atomic mass is 10.2. The molecule has 2 heterocycles. The number of carbonyl (C=O) groups excluding carboxylic acids is 1. The normalized spacial score (nSPS) is 9.56. The zero-order valence-corrected chi connectivity index (χ0v) is 9.62. The van der Waals surface area contributed by atoms with Crippen LogP contribution >= 0.6 is 0 Å². The summed E-state index contributed by atoms with van der Waals surface area (Å²) in [6.45, 7) is 0. The van der Waals surface area contributed by atoms with Gasteiger partial charge in [-0.05, 0) is 24.3 Å². The molecule has 0 fully saturated rings. The first-order chi connectivity index (χ1) is 8.74. The minimum Gasteiger partial charge on any atom is -0.464 e. The van der Waals surface area contributed by atoms with Gasteiger partial charge in [-0.2, -0.15) is 5.26 Å². The van der Waals surface area contributed by atoms with Crippen molar-refractivity contribution in [3.63, 3.8) is 0 Å². The van der Waals surface area contributed by atoms with E-state index < -0.39 is 5.97 Å². The van der Waals surface area contributed by atoms with E-state index in [4.69, 9.17) is 5.26 Å². The van der Waals surface area contributed by atoms with Gasteiger partial charge in [0.1, 0.15) is 11.8 Å². The Labute approximate surface area is 104 Å². The predicted molar refractivity (Wildman–Crippen MR) is 63.5 cm³/mol. The standard InChI is InChI=1S/C13H9N3O2/c1-18-13(17)12-4-2-3-11(16-12)10-6-5-9(7-14)8-15-10/h2-6,8H,1H3. The van der Waals surface area contributed by atoms with Crippen LogP contribution in [-0.2, 0) is 4.74 Å². The number of hydrogen-bond acceptors (Lipinski definition) is 5. The molecule has 0 N–H and O–H groups in total. The number of ether oxygens (including phenoxy) is 1. The third kappa shape index (κ3) is 2.33. The Kier molecular flexibility index (Phi) is 3.30. The van der Waals surface area contributed by atoms with Gasteiger partial charge in [-0.15, -0.1) is 0 Å². The maximum Gasteiger partial charge on any atom is 0.356 e. The number of hydrogen-bond donors (Lipinski definition) is 0. The molecular weight excluding hydrogens is 230 g/mol. The van der Waals surface area contributed by atoms with Gasteiger partial charge in [0.15, 0.2) is 0 Å². The zero-order chi connectivity index (χ0) is 13.0. The molecule has 0 bridgehead atoms. The molecule has 0 amide bonds. The highest BCUT2D eigenvalue weighted by atomic mass is 16.5. The number of nitrogens with zero attached hydrogens (tertiary/aromatic N) is 3. The molecule has 0 unspecified atom stereocenters. The summed E-state index contributed by atoms with van der Waals surface area (Å²) in [5.41, 5.74) is 1.85. The summed E-state index contributed by atoms with van der Waals surface area (Å²) in [6.07, 6.45) is 1.46. The van der Waals surface area contributed by atoms with Crippen molar-refractivity contribution < 1.29 is 9.53 Å². The van der Waals surface area contributed by atoms with Crippen LogP contribution < -0.4 is 0 Å². The summed E-state index contributed by atoms with van der Waals surface area (Å²) in [4.78, 5) is 19.6.